The van der Waals surface area contributed by atoms with Crippen LogP contribution in [0.5, 0.6) is 0 Å². The third-order valence-electron chi connectivity index (χ3n) is 8.49. The van der Waals surface area contributed by atoms with Gasteiger partial charge in [-0.05, 0) is 103 Å². The highest BCUT2D eigenvalue weighted by atomic mass is 19.1. The lowest BCUT2D eigenvalue weighted by Crippen LogP contribution is -2.26. The lowest BCUT2D eigenvalue weighted by atomic mass is 9.69. The number of rotatable bonds is 10. The molecule has 1 N–H and O–H groups in total. The van der Waals surface area contributed by atoms with Crippen LogP contribution in [-0.2, 0) is 27.8 Å². The van der Waals surface area contributed by atoms with Crippen molar-refractivity contribution in [2.45, 2.75) is 83.7 Å². The van der Waals surface area contributed by atoms with Gasteiger partial charge in [0.1, 0.15) is 5.82 Å². The molecule has 0 heterocycles. The maximum absolute atomic E-state index is 14.7. The summed E-state index contributed by atoms with van der Waals surface area (Å²) in [6, 6.07) is 18.4. The van der Waals surface area contributed by atoms with Crippen molar-refractivity contribution in [2.75, 3.05) is 7.11 Å². The summed E-state index contributed by atoms with van der Waals surface area (Å²) in [7, 11) is 1.31. The van der Waals surface area contributed by atoms with E-state index in [-0.39, 0.29) is 11.8 Å². The summed E-state index contributed by atoms with van der Waals surface area (Å²) >= 11 is 0. The number of ether oxygens (including phenoxy) is 1. The average molecular weight is 503 g/mol. The van der Waals surface area contributed by atoms with Crippen molar-refractivity contribution in [3.63, 3.8) is 0 Å². The zero-order valence-corrected chi connectivity index (χ0v) is 22.8. The second-order valence-corrected chi connectivity index (χ2v) is 10.7. The van der Waals surface area contributed by atoms with Crippen LogP contribution in [0.15, 0.2) is 54.6 Å². The van der Waals surface area contributed by atoms with Crippen LogP contribution in [0.2, 0.25) is 0 Å². The van der Waals surface area contributed by atoms with Crippen molar-refractivity contribution < 1.29 is 19.0 Å². The Morgan fingerprint density at radius 3 is 2.11 bits per heavy atom. The number of hydrogen-bond donors (Lipinski definition) is 1. The van der Waals surface area contributed by atoms with Crippen LogP contribution in [0.25, 0.3) is 11.1 Å². The average Bonchev–Trinajstić information content (AvgIpc) is 3.63. The van der Waals surface area contributed by atoms with Gasteiger partial charge in [0.05, 0.1) is 19.1 Å². The van der Waals surface area contributed by atoms with Crippen LogP contribution >= 0.6 is 0 Å². The number of carbonyl (C=O) groups is 1. The number of methoxy groups -OCH3 is 1. The van der Waals surface area contributed by atoms with Crippen LogP contribution in [-0.4, -0.2) is 23.8 Å². The molecular formula is C33H39FO3. The van der Waals surface area contributed by atoms with Crippen LogP contribution in [0.1, 0.15) is 79.3 Å². The summed E-state index contributed by atoms with van der Waals surface area (Å²) in [5.74, 6) is -0.849. The molecule has 4 rings (SSSR count). The lowest BCUT2D eigenvalue weighted by Gasteiger charge is -2.34. The van der Waals surface area contributed by atoms with Crippen molar-refractivity contribution in [3.8, 4) is 11.1 Å². The summed E-state index contributed by atoms with van der Waals surface area (Å²) in [4.78, 5) is 11.6. The molecule has 196 valence electrons. The number of benzene rings is 3. The Morgan fingerprint density at radius 1 is 0.946 bits per heavy atom. The molecule has 0 radical (unpaired) electrons. The van der Waals surface area contributed by atoms with Gasteiger partial charge in [-0.25, -0.2) is 4.39 Å². The monoisotopic (exact) mass is 502 g/mol. The number of halogens is 1. The van der Waals surface area contributed by atoms with Gasteiger partial charge in [-0.15, -0.1) is 0 Å². The summed E-state index contributed by atoms with van der Waals surface area (Å²) < 4.78 is 19.4. The van der Waals surface area contributed by atoms with Crippen molar-refractivity contribution in [1.82, 2.24) is 0 Å². The van der Waals surface area contributed by atoms with E-state index in [9.17, 15) is 14.3 Å². The Balaban J connectivity index is 1.63. The predicted molar refractivity (Wildman–Crippen MR) is 147 cm³/mol. The molecule has 0 aromatic heterocycles. The van der Waals surface area contributed by atoms with Crippen LogP contribution in [0.4, 0.5) is 4.39 Å². The van der Waals surface area contributed by atoms with E-state index >= 15 is 0 Å². The molecule has 3 aromatic rings. The molecule has 1 aliphatic carbocycles. The number of esters is 1. The minimum atomic E-state index is -0.453. The first kappa shape index (κ1) is 27.1. The van der Waals surface area contributed by atoms with Gasteiger partial charge < -0.3 is 9.84 Å². The minimum absolute atomic E-state index is 0.0743. The fraction of sp³-hybridized carbons (Fsp3) is 0.424. The Morgan fingerprint density at radius 2 is 1.57 bits per heavy atom. The number of aryl methyl sites for hydroxylation is 3. The van der Waals surface area contributed by atoms with Crippen molar-refractivity contribution in [2.24, 2.45) is 0 Å². The smallest absolute Gasteiger partial charge is 0.310 e. The third-order valence-corrected chi connectivity index (χ3v) is 8.49. The van der Waals surface area contributed by atoms with E-state index in [1.54, 1.807) is 6.07 Å². The Hall–Kier alpha value is -2.98. The Labute approximate surface area is 220 Å². The van der Waals surface area contributed by atoms with Gasteiger partial charge in [-0.2, -0.15) is 0 Å². The first-order valence-corrected chi connectivity index (χ1v) is 13.4. The van der Waals surface area contributed by atoms with E-state index in [2.05, 4.69) is 68.8 Å². The minimum Gasteiger partial charge on any atom is -0.469 e. The van der Waals surface area contributed by atoms with Gasteiger partial charge in [0.15, 0.2) is 0 Å². The maximum Gasteiger partial charge on any atom is 0.310 e. The molecule has 37 heavy (non-hydrogen) atoms. The van der Waals surface area contributed by atoms with Crippen molar-refractivity contribution in [1.29, 1.82) is 0 Å². The second kappa shape index (κ2) is 10.8. The van der Waals surface area contributed by atoms with Crippen LogP contribution < -0.4 is 0 Å². The van der Waals surface area contributed by atoms with Crippen LogP contribution in [0.3, 0.4) is 0 Å². The molecule has 3 aromatic carbocycles. The molecular weight excluding hydrogens is 463 g/mol. The highest BCUT2D eigenvalue weighted by Gasteiger charge is 2.39. The largest absolute Gasteiger partial charge is 0.469 e. The molecule has 1 saturated carbocycles. The summed E-state index contributed by atoms with van der Waals surface area (Å²) in [6.45, 7) is 8.74. The third kappa shape index (κ3) is 5.65. The first-order chi connectivity index (χ1) is 17.6. The van der Waals surface area contributed by atoms with E-state index in [1.807, 2.05) is 6.07 Å². The van der Waals surface area contributed by atoms with Gasteiger partial charge in [-0.3, -0.25) is 4.79 Å². The van der Waals surface area contributed by atoms with Gasteiger partial charge in [-0.1, -0.05) is 62.4 Å². The van der Waals surface area contributed by atoms with E-state index < -0.39 is 17.4 Å². The first-order valence-electron chi connectivity index (χ1n) is 13.4. The van der Waals surface area contributed by atoms with Gasteiger partial charge >= 0.3 is 5.97 Å². The van der Waals surface area contributed by atoms with Crippen molar-refractivity contribution >= 4 is 5.97 Å². The molecule has 0 spiro atoms. The topological polar surface area (TPSA) is 46.5 Å². The SMILES string of the molecule is CCC(CC)(c1ccc(CCC2(O)CC2)c(C)c1)c1ccc(-c2ccc(CC(=O)OC)c(F)c2)c(C)c1. The van der Waals surface area contributed by atoms with Crippen LogP contribution in [0, 0.1) is 19.7 Å². The van der Waals surface area contributed by atoms with E-state index in [0.717, 1.165) is 55.2 Å². The fourth-order valence-corrected chi connectivity index (χ4v) is 5.64. The molecule has 0 amide bonds. The number of hydrogen-bond acceptors (Lipinski definition) is 3. The molecule has 0 saturated heterocycles. The molecule has 1 aliphatic rings. The second-order valence-electron chi connectivity index (χ2n) is 10.7. The summed E-state index contributed by atoms with van der Waals surface area (Å²) in [6.07, 6.45) is 5.48. The molecule has 1 fully saturated rings. The quantitative estimate of drug-likeness (QED) is 0.294. The highest BCUT2D eigenvalue weighted by molar-refractivity contribution is 5.74. The van der Waals surface area contributed by atoms with Gasteiger partial charge in [0, 0.05) is 5.41 Å². The highest BCUT2D eigenvalue weighted by Crippen LogP contribution is 2.42. The molecule has 0 bridgehead atoms. The zero-order chi connectivity index (χ0) is 26.8. The number of aliphatic hydroxyl groups is 1. The summed E-state index contributed by atoms with van der Waals surface area (Å²) in [5.41, 5.74) is 7.85. The van der Waals surface area contributed by atoms with Gasteiger partial charge in [0.2, 0.25) is 0 Å². The zero-order valence-electron chi connectivity index (χ0n) is 22.8. The summed E-state index contributed by atoms with van der Waals surface area (Å²) in [5, 5.41) is 10.3. The molecule has 3 nitrogen and oxygen atoms in total. The molecule has 4 heteroatoms. The maximum atomic E-state index is 14.7. The van der Waals surface area contributed by atoms with E-state index in [4.69, 9.17) is 0 Å². The molecule has 0 unspecified atom stereocenters. The van der Waals surface area contributed by atoms with Crippen molar-refractivity contribution in [3.05, 3.63) is 93.8 Å². The predicted octanol–water partition coefficient (Wildman–Crippen LogP) is 7.39. The fourth-order valence-electron chi connectivity index (χ4n) is 5.64. The van der Waals surface area contributed by atoms with Gasteiger partial charge in [0.25, 0.3) is 0 Å². The molecule has 0 atom stereocenters. The lowest BCUT2D eigenvalue weighted by molar-refractivity contribution is -0.139. The van der Waals surface area contributed by atoms with E-state index in [0.29, 0.717) is 5.56 Å². The number of carbonyl (C=O) groups excluding carboxylic acids is 1. The Bertz CT molecular complexity index is 1280. The normalized spacial score (nSPS) is 14.5. The standard InChI is InChI=1S/C33H39FO3/c1-6-33(7-2,27-11-10-24(22(3)18-27)14-15-32(36)16-17-32)28-12-13-29(23(4)19-28)25-8-9-26(30(34)20-25)21-31(35)37-5/h8-13,18-20,36H,6-7,14-17,21H2,1-5H3. The Kier molecular flexibility index (Phi) is 7.89. The van der Waals surface area contributed by atoms with E-state index in [1.165, 1.54) is 35.4 Å². The molecule has 0 aliphatic heterocycles.